The van der Waals surface area contributed by atoms with Gasteiger partial charge in [0, 0.05) is 11.9 Å². The van der Waals surface area contributed by atoms with E-state index in [-0.39, 0.29) is 17.7 Å². The molecule has 140 valence electrons. The van der Waals surface area contributed by atoms with Crippen molar-refractivity contribution in [3.8, 4) is 5.88 Å². The van der Waals surface area contributed by atoms with Gasteiger partial charge in [0.15, 0.2) is 0 Å². The van der Waals surface area contributed by atoms with Crippen LogP contribution in [0.3, 0.4) is 0 Å². The highest BCUT2D eigenvalue weighted by molar-refractivity contribution is 9.10. The maximum Gasteiger partial charge on any atom is 0.414 e. The van der Waals surface area contributed by atoms with Gasteiger partial charge in [-0.05, 0) is 47.1 Å². The molecule has 1 aromatic carbocycles. The number of aromatic nitrogens is 3. The molecule has 0 saturated carbocycles. The number of H-pyrrole nitrogens is 2. The highest BCUT2D eigenvalue weighted by Gasteiger charge is 2.20. The predicted octanol–water partition coefficient (Wildman–Crippen LogP) is 4.26. The molecule has 0 aliphatic heterocycles. The molecule has 0 aliphatic rings. The SMILES string of the molecule is CC(NC(=O)Oc1n[nH]c(NC(=O)c2ccccc2Cl)c1Br)c1ccc[nH]1. The zero-order valence-corrected chi connectivity index (χ0v) is 16.4. The van der Waals surface area contributed by atoms with E-state index < -0.39 is 12.0 Å². The first-order valence-corrected chi connectivity index (χ1v) is 9.04. The van der Waals surface area contributed by atoms with Crippen LogP contribution < -0.4 is 15.4 Å². The third-order valence-corrected chi connectivity index (χ3v) is 4.71. The minimum Gasteiger partial charge on any atom is -0.388 e. The Bertz CT molecular complexity index is 957. The summed E-state index contributed by atoms with van der Waals surface area (Å²) in [6, 6.07) is 10.0. The number of carbonyl (C=O) groups excluding carboxylic acids is 2. The molecule has 0 radical (unpaired) electrons. The van der Waals surface area contributed by atoms with Gasteiger partial charge >= 0.3 is 6.09 Å². The molecule has 3 aromatic rings. The van der Waals surface area contributed by atoms with Crippen LogP contribution in [0.1, 0.15) is 29.0 Å². The number of amides is 2. The number of rotatable bonds is 5. The normalized spacial score (nSPS) is 11.7. The van der Waals surface area contributed by atoms with Crippen molar-refractivity contribution < 1.29 is 14.3 Å². The molecule has 2 amide bonds. The number of carbonyl (C=O) groups is 2. The molecule has 1 atom stereocenters. The molecule has 10 heteroatoms. The van der Waals surface area contributed by atoms with Gasteiger partial charge in [0.25, 0.3) is 11.8 Å². The summed E-state index contributed by atoms with van der Waals surface area (Å²) < 4.78 is 5.47. The molecule has 2 heterocycles. The molecule has 0 fully saturated rings. The maximum atomic E-state index is 12.3. The molecule has 4 N–H and O–H groups in total. The van der Waals surface area contributed by atoms with Crippen LogP contribution in [0.4, 0.5) is 10.6 Å². The van der Waals surface area contributed by atoms with Crippen LogP contribution in [0.2, 0.25) is 5.02 Å². The predicted molar refractivity (Wildman–Crippen MR) is 104 cm³/mol. The van der Waals surface area contributed by atoms with Crippen LogP contribution >= 0.6 is 27.5 Å². The Morgan fingerprint density at radius 3 is 2.74 bits per heavy atom. The zero-order valence-electron chi connectivity index (χ0n) is 14.0. The third kappa shape index (κ3) is 4.50. The number of nitrogens with zero attached hydrogens (tertiary/aromatic N) is 1. The van der Waals surface area contributed by atoms with Crippen molar-refractivity contribution >= 4 is 45.3 Å². The van der Waals surface area contributed by atoms with Gasteiger partial charge in [-0.3, -0.25) is 9.89 Å². The molecule has 0 saturated heterocycles. The van der Waals surface area contributed by atoms with Gasteiger partial charge in [0.2, 0.25) is 0 Å². The van der Waals surface area contributed by atoms with Crippen LogP contribution in [-0.2, 0) is 0 Å². The molecule has 27 heavy (non-hydrogen) atoms. The fourth-order valence-electron chi connectivity index (χ4n) is 2.27. The zero-order chi connectivity index (χ0) is 19.4. The van der Waals surface area contributed by atoms with Crippen LogP contribution in [0.5, 0.6) is 5.88 Å². The monoisotopic (exact) mass is 451 g/mol. The van der Waals surface area contributed by atoms with E-state index in [0.29, 0.717) is 15.1 Å². The first-order valence-electron chi connectivity index (χ1n) is 7.87. The van der Waals surface area contributed by atoms with Gasteiger partial charge in [-0.2, -0.15) is 0 Å². The topological polar surface area (TPSA) is 112 Å². The molecule has 0 aliphatic carbocycles. The Morgan fingerprint density at radius 2 is 2.04 bits per heavy atom. The first kappa shape index (κ1) is 19.0. The second kappa shape index (κ2) is 8.28. The van der Waals surface area contributed by atoms with E-state index >= 15 is 0 Å². The summed E-state index contributed by atoms with van der Waals surface area (Å²) in [6.07, 6.45) is 1.07. The van der Waals surface area contributed by atoms with Gasteiger partial charge in [-0.1, -0.05) is 23.7 Å². The lowest BCUT2D eigenvalue weighted by molar-refractivity contribution is 0.102. The summed E-state index contributed by atoms with van der Waals surface area (Å²) in [5.74, 6) is -0.206. The number of hydrogen-bond donors (Lipinski definition) is 4. The average molecular weight is 453 g/mol. The summed E-state index contributed by atoms with van der Waals surface area (Å²) in [5.41, 5.74) is 1.14. The fourth-order valence-corrected chi connectivity index (χ4v) is 2.85. The third-order valence-electron chi connectivity index (χ3n) is 3.65. The quantitative estimate of drug-likeness (QED) is 0.463. The number of halogens is 2. The molecular weight excluding hydrogens is 438 g/mol. The lowest BCUT2D eigenvalue weighted by atomic mass is 10.2. The maximum absolute atomic E-state index is 12.3. The van der Waals surface area contributed by atoms with Crippen molar-refractivity contribution in [2.75, 3.05) is 5.32 Å². The van der Waals surface area contributed by atoms with E-state index in [2.05, 4.69) is 41.7 Å². The molecule has 0 bridgehead atoms. The summed E-state index contributed by atoms with van der Waals surface area (Å²) in [4.78, 5) is 27.4. The van der Waals surface area contributed by atoms with E-state index in [1.54, 1.807) is 30.5 Å². The van der Waals surface area contributed by atoms with Gasteiger partial charge < -0.3 is 20.4 Å². The van der Waals surface area contributed by atoms with Gasteiger partial charge in [-0.25, -0.2) is 4.79 Å². The van der Waals surface area contributed by atoms with Crippen LogP contribution in [0.25, 0.3) is 0 Å². The summed E-state index contributed by atoms with van der Waals surface area (Å²) in [6.45, 7) is 1.81. The van der Waals surface area contributed by atoms with E-state index in [0.717, 1.165) is 5.69 Å². The van der Waals surface area contributed by atoms with Crippen molar-refractivity contribution in [3.63, 3.8) is 0 Å². The van der Waals surface area contributed by atoms with Crippen LogP contribution in [-0.4, -0.2) is 27.2 Å². The number of hydrogen-bond acceptors (Lipinski definition) is 4. The molecule has 2 aromatic heterocycles. The van der Waals surface area contributed by atoms with Crippen LogP contribution in [0.15, 0.2) is 47.1 Å². The minimum atomic E-state index is -0.687. The highest BCUT2D eigenvalue weighted by atomic mass is 79.9. The highest BCUT2D eigenvalue weighted by Crippen LogP contribution is 2.30. The van der Waals surface area contributed by atoms with E-state index in [4.69, 9.17) is 16.3 Å². The summed E-state index contributed by atoms with van der Waals surface area (Å²) in [5, 5.41) is 12.1. The summed E-state index contributed by atoms with van der Waals surface area (Å²) >= 11 is 9.26. The Morgan fingerprint density at radius 1 is 1.26 bits per heavy atom. The number of nitrogens with one attached hydrogen (secondary N) is 4. The second-order valence-electron chi connectivity index (χ2n) is 5.53. The molecule has 8 nitrogen and oxygen atoms in total. The fraction of sp³-hybridized carbons (Fsp3) is 0.118. The van der Waals surface area contributed by atoms with E-state index in [1.165, 1.54) is 0 Å². The number of ether oxygens (including phenoxy) is 1. The average Bonchev–Trinajstić information content (AvgIpc) is 3.28. The molecule has 0 spiro atoms. The molecular formula is C17H15BrClN5O3. The van der Waals surface area contributed by atoms with Gasteiger partial charge in [0.1, 0.15) is 10.3 Å². The van der Waals surface area contributed by atoms with Crippen molar-refractivity contribution in [3.05, 3.63) is 63.3 Å². The Balaban J connectivity index is 1.64. The first-order chi connectivity index (χ1) is 13.0. The number of benzene rings is 1. The van der Waals surface area contributed by atoms with Crippen LogP contribution in [0, 0.1) is 0 Å². The van der Waals surface area contributed by atoms with E-state index in [1.807, 2.05) is 19.1 Å². The van der Waals surface area contributed by atoms with Crippen molar-refractivity contribution in [1.82, 2.24) is 20.5 Å². The van der Waals surface area contributed by atoms with Crippen molar-refractivity contribution in [1.29, 1.82) is 0 Å². The van der Waals surface area contributed by atoms with E-state index in [9.17, 15) is 9.59 Å². The standard InChI is InChI=1S/C17H15BrClN5O3/c1-9(12-7-4-8-20-12)21-17(26)27-16-13(18)14(23-24-16)22-15(25)10-5-2-3-6-11(10)19/h2-9,20H,1H3,(H,21,26)(H2,22,23,24,25). The Kier molecular flexibility index (Phi) is 5.82. The Labute approximate surface area is 167 Å². The lowest BCUT2D eigenvalue weighted by Crippen LogP contribution is -2.29. The smallest absolute Gasteiger partial charge is 0.388 e. The van der Waals surface area contributed by atoms with Crippen molar-refractivity contribution in [2.45, 2.75) is 13.0 Å². The van der Waals surface area contributed by atoms with Gasteiger partial charge in [-0.15, -0.1) is 5.10 Å². The minimum absolute atomic E-state index is 0.0133. The number of anilines is 1. The number of aromatic amines is 2. The molecule has 1 unspecified atom stereocenters. The molecule has 3 rings (SSSR count). The Hall–Kier alpha value is -2.78. The summed E-state index contributed by atoms with van der Waals surface area (Å²) in [7, 11) is 0. The van der Waals surface area contributed by atoms with Gasteiger partial charge in [0.05, 0.1) is 16.6 Å². The van der Waals surface area contributed by atoms with Crippen molar-refractivity contribution in [2.24, 2.45) is 0 Å². The lowest BCUT2D eigenvalue weighted by Gasteiger charge is -2.11. The largest absolute Gasteiger partial charge is 0.414 e. The second-order valence-corrected chi connectivity index (χ2v) is 6.73.